The third-order valence-corrected chi connectivity index (χ3v) is 3.07. The minimum atomic E-state index is -1.31. The number of anilines is 1. The molecule has 6 heteroatoms. The number of hydrogen-bond donors (Lipinski definition) is 2. The molecule has 0 heterocycles. The second-order valence-electron chi connectivity index (χ2n) is 4.24. The van der Waals surface area contributed by atoms with Gasteiger partial charge >= 0.3 is 5.97 Å². The van der Waals surface area contributed by atoms with Crippen molar-refractivity contribution >= 4 is 17.6 Å². The van der Waals surface area contributed by atoms with Crippen LogP contribution in [0.1, 0.15) is 30.6 Å². The monoisotopic (exact) mass is 269 g/mol. The summed E-state index contributed by atoms with van der Waals surface area (Å²) in [5.41, 5.74) is -1.33. The van der Waals surface area contributed by atoms with Crippen LogP contribution in [0.3, 0.4) is 0 Å². The molecule has 2 N–H and O–H groups in total. The molecule has 104 valence electrons. The number of amides is 1. The summed E-state index contributed by atoms with van der Waals surface area (Å²) in [6, 6.07) is 3.15. The molecule has 0 radical (unpaired) electrons. The van der Waals surface area contributed by atoms with Crippen LogP contribution in [0.5, 0.6) is 0 Å². The first-order valence-corrected chi connectivity index (χ1v) is 5.73. The highest BCUT2D eigenvalue weighted by Crippen LogP contribution is 2.21. The summed E-state index contributed by atoms with van der Waals surface area (Å²) in [6.45, 7) is 3.36. The predicted octanol–water partition coefficient (Wildman–Crippen LogP) is 2.28. The van der Waals surface area contributed by atoms with Gasteiger partial charge in [-0.1, -0.05) is 6.92 Å². The number of carboxylic acids is 1. The van der Waals surface area contributed by atoms with E-state index in [2.05, 4.69) is 5.32 Å². The molecular formula is C13H16FNO4. The van der Waals surface area contributed by atoms with Crippen LogP contribution < -0.4 is 5.32 Å². The van der Waals surface area contributed by atoms with E-state index in [1.165, 1.54) is 13.2 Å². The van der Waals surface area contributed by atoms with Crippen LogP contribution in [-0.2, 0) is 9.53 Å². The lowest BCUT2D eigenvalue weighted by molar-refractivity contribution is -0.136. The SMILES string of the molecule is CCC(C)(OC)C(=O)Nc1ccc(F)cc1C(=O)O. The van der Waals surface area contributed by atoms with Crippen LogP contribution in [0.4, 0.5) is 10.1 Å². The number of ether oxygens (including phenoxy) is 1. The summed E-state index contributed by atoms with van der Waals surface area (Å²) >= 11 is 0. The van der Waals surface area contributed by atoms with E-state index in [0.717, 1.165) is 12.1 Å². The fraction of sp³-hybridized carbons (Fsp3) is 0.385. The minimum absolute atomic E-state index is 0.0376. The summed E-state index contributed by atoms with van der Waals surface area (Å²) in [5, 5.41) is 11.4. The van der Waals surface area contributed by atoms with Crippen molar-refractivity contribution in [2.24, 2.45) is 0 Å². The number of carboxylic acid groups (broad SMARTS) is 1. The van der Waals surface area contributed by atoms with Gasteiger partial charge in [0.15, 0.2) is 0 Å². The van der Waals surface area contributed by atoms with Gasteiger partial charge in [0.2, 0.25) is 0 Å². The Bertz CT molecular complexity index is 497. The lowest BCUT2D eigenvalue weighted by Crippen LogP contribution is -2.41. The van der Waals surface area contributed by atoms with E-state index in [9.17, 15) is 14.0 Å². The number of hydrogen-bond acceptors (Lipinski definition) is 3. The lowest BCUT2D eigenvalue weighted by Gasteiger charge is -2.25. The average Bonchev–Trinajstić information content (AvgIpc) is 2.39. The second kappa shape index (κ2) is 5.79. The predicted molar refractivity (Wildman–Crippen MR) is 67.7 cm³/mol. The third-order valence-electron chi connectivity index (χ3n) is 3.07. The number of rotatable bonds is 5. The Morgan fingerprint density at radius 2 is 2.11 bits per heavy atom. The maximum atomic E-state index is 13.0. The van der Waals surface area contributed by atoms with E-state index >= 15 is 0 Å². The molecule has 0 aliphatic rings. The lowest BCUT2D eigenvalue weighted by atomic mass is 10.0. The molecule has 0 aliphatic carbocycles. The maximum absolute atomic E-state index is 13.0. The number of benzene rings is 1. The maximum Gasteiger partial charge on any atom is 0.337 e. The van der Waals surface area contributed by atoms with E-state index in [1.54, 1.807) is 13.8 Å². The Kier molecular flexibility index (Phi) is 4.61. The zero-order valence-electron chi connectivity index (χ0n) is 11.0. The van der Waals surface area contributed by atoms with E-state index in [1.807, 2.05) is 0 Å². The van der Waals surface area contributed by atoms with E-state index in [0.29, 0.717) is 6.42 Å². The Morgan fingerprint density at radius 3 is 2.58 bits per heavy atom. The molecule has 1 aromatic rings. The summed E-state index contributed by atoms with van der Waals surface area (Å²) in [6.07, 6.45) is 0.416. The first-order valence-electron chi connectivity index (χ1n) is 5.73. The molecule has 5 nitrogen and oxygen atoms in total. The standard InChI is InChI=1S/C13H16FNO4/c1-4-13(2,19-3)12(18)15-10-6-5-8(14)7-9(10)11(16)17/h5-7H,4H2,1-3H3,(H,15,18)(H,16,17). The molecule has 0 bridgehead atoms. The molecular weight excluding hydrogens is 253 g/mol. The molecule has 0 saturated heterocycles. The largest absolute Gasteiger partial charge is 0.478 e. The first kappa shape index (κ1) is 15.1. The van der Waals surface area contributed by atoms with Crippen LogP contribution in [0.2, 0.25) is 0 Å². The summed E-state index contributed by atoms with van der Waals surface area (Å²) < 4.78 is 18.1. The van der Waals surface area contributed by atoms with Gasteiger partial charge < -0.3 is 15.2 Å². The van der Waals surface area contributed by atoms with Crippen LogP contribution in [0.25, 0.3) is 0 Å². The van der Waals surface area contributed by atoms with Crippen molar-refractivity contribution < 1.29 is 23.8 Å². The molecule has 0 aliphatic heterocycles. The molecule has 1 unspecified atom stereocenters. The zero-order chi connectivity index (χ0) is 14.6. The molecule has 0 saturated carbocycles. The average molecular weight is 269 g/mol. The number of methoxy groups -OCH3 is 1. The number of aromatic carboxylic acids is 1. The zero-order valence-corrected chi connectivity index (χ0v) is 11.0. The molecule has 1 atom stereocenters. The van der Waals surface area contributed by atoms with Gasteiger partial charge in [0.05, 0.1) is 11.3 Å². The van der Waals surface area contributed by atoms with Crippen molar-refractivity contribution in [1.82, 2.24) is 0 Å². The molecule has 1 rings (SSSR count). The van der Waals surface area contributed by atoms with Crippen LogP contribution >= 0.6 is 0 Å². The van der Waals surface area contributed by atoms with Crippen molar-refractivity contribution in [3.8, 4) is 0 Å². The Morgan fingerprint density at radius 1 is 1.47 bits per heavy atom. The highest BCUT2D eigenvalue weighted by atomic mass is 19.1. The summed E-state index contributed by atoms with van der Waals surface area (Å²) in [5.74, 6) is -2.47. The first-order chi connectivity index (χ1) is 8.84. The van der Waals surface area contributed by atoms with Crippen LogP contribution in [0, 0.1) is 5.82 Å². The molecule has 1 aromatic carbocycles. The van der Waals surface area contributed by atoms with Crippen molar-refractivity contribution in [3.63, 3.8) is 0 Å². The Balaban J connectivity index is 3.06. The van der Waals surface area contributed by atoms with Crippen molar-refractivity contribution in [1.29, 1.82) is 0 Å². The minimum Gasteiger partial charge on any atom is -0.478 e. The van der Waals surface area contributed by atoms with Gasteiger partial charge in [0.25, 0.3) is 5.91 Å². The molecule has 0 fully saturated rings. The van der Waals surface area contributed by atoms with Gasteiger partial charge in [-0.15, -0.1) is 0 Å². The van der Waals surface area contributed by atoms with Crippen molar-refractivity contribution in [3.05, 3.63) is 29.6 Å². The number of carbonyl (C=O) groups is 2. The highest BCUT2D eigenvalue weighted by Gasteiger charge is 2.31. The van der Waals surface area contributed by atoms with Gasteiger partial charge in [-0.3, -0.25) is 4.79 Å². The fourth-order valence-electron chi connectivity index (χ4n) is 1.45. The molecule has 0 aromatic heterocycles. The molecule has 19 heavy (non-hydrogen) atoms. The van der Waals surface area contributed by atoms with Crippen molar-refractivity contribution in [2.45, 2.75) is 25.9 Å². The Hall–Kier alpha value is -1.95. The van der Waals surface area contributed by atoms with Crippen LogP contribution in [0.15, 0.2) is 18.2 Å². The smallest absolute Gasteiger partial charge is 0.337 e. The summed E-state index contributed by atoms with van der Waals surface area (Å²) in [7, 11) is 1.39. The van der Waals surface area contributed by atoms with Gasteiger partial charge in [-0.2, -0.15) is 0 Å². The Labute approximate surface area is 110 Å². The highest BCUT2D eigenvalue weighted by molar-refractivity contribution is 6.03. The van der Waals surface area contributed by atoms with E-state index in [-0.39, 0.29) is 11.3 Å². The van der Waals surface area contributed by atoms with E-state index in [4.69, 9.17) is 9.84 Å². The van der Waals surface area contributed by atoms with Gasteiger partial charge in [-0.05, 0) is 31.5 Å². The topological polar surface area (TPSA) is 75.6 Å². The van der Waals surface area contributed by atoms with Gasteiger partial charge in [-0.25, -0.2) is 9.18 Å². The van der Waals surface area contributed by atoms with Gasteiger partial charge in [0.1, 0.15) is 11.4 Å². The van der Waals surface area contributed by atoms with E-state index < -0.39 is 23.3 Å². The molecule has 0 spiro atoms. The summed E-state index contributed by atoms with van der Waals surface area (Å²) in [4.78, 5) is 23.0. The number of carbonyl (C=O) groups excluding carboxylic acids is 1. The normalized spacial score (nSPS) is 13.7. The molecule has 1 amide bonds. The third kappa shape index (κ3) is 3.29. The number of nitrogens with one attached hydrogen (secondary N) is 1. The van der Waals surface area contributed by atoms with Crippen LogP contribution in [-0.4, -0.2) is 29.7 Å². The van der Waals surface area contributed by atoms with Crippen molar-refractivity contribution in [2.75, 3.05) is 12.4 Å². The fourth-order valence-corrected chi connectivity index (χ4v) is 1.45. The quantitative estimate of drug-likeness (QED) is 0.859. The van der Waals surface area contributed by atoms with Gasteiger partial charge in [0, 0.05) is 7.11 Å². The number of halogens is 1. The second-order valence-corrected chi connectivity index (χ2v) is 4.24.